The highest BCUT2D eigenvalue weighted by Crippen LogP contribution is 2.17. The van der Waals surface area contributed by atoms with Gasteiger partial charge in [-0.1, -0.05) is 0 Å². The van der Waals surface area contributed by atoms with Gasteiger partial charge in [-0.2, -0.15) is 5.26 Å². The number of hydrogen-bond donors (Lipinski definition) is 1. The fraction of sp³-hybridized carbons (Fsp3) is 0.200. The Balaban J connectivity index is 3.23. The normalized spacial score (nSPS) is 8.93. The lowest BCUT2D eigenvalue weighted by atomic mass is 10.1. The second-order valence-electron chi connectivity index (χ2n) is 2.61. The third-order valence-electron chi connectivity index (χ3n) is 1.82. The predicted octanol–water partition coefficient (Wildman–Crippen LogP) is 1.39. The Bertz CT molecular complexity index is 394. The van der Waals surface area contributed by atoms with Gasteiger partial charge in [0.1, 0.15) is 0 Å². The number of nitrogens with zero attached hydrogens (tertiary/aromatic N) is 1. The molecule has 4 nitrogen and oxygen atoms in total. The van der Waals surface area contributed by atoms with E-state index in [1.54, 1.807) is 19.2 Å². The van der Waals surface area contributed by atoms with Crippen molar-refractivity contribution >= 4 is 11.7 Å². The molecule has 0 aromatic heterocycles. The fourth-order valence-corrected chi connectivity index (χ4v) is 1.11. The first kappa shape index (κ1) is 10.1. The number of methoxy groups -OCH3 is 1. The number of carbonyl (C=O) groups is 1. The monoisotopic (exact) mass is 190 g/mol. The number of esters is 1. The molecule has 0 bridgehead atoms. The van der Waals surface area contributed by atoms with E-state index in [1.807, 2.05) is 6.07 Å². The highest BCUT2D eigenvalue weighted by atomic mass is 16.5. The second-order valence-corrected chi connectivity index (χ2v) is 2.61. The Morgan fingerprint density at radius 1 is 1.57 bits per heavy atom. The zero-order chi connectivity index (χ0) is 10.6. The lowest BCUT2D eigenvalue weighted by Gasteiger charge is -2.06. The van der Waals surface area contributed by atoms with Crippen LogP contribution in [0.2, 0.25) is 0 Å². The first-order valence-corrected chi connectivity index (χ1v) is 4.03. The molecule has 1 aromatic rings. The molecule has 0 aliphatic heterocycles. The van der Waals surface area contributed by atoms with Gasteiger partial charge in [-0.15, -0.1) is 0 Å². The van der Waals surface area contributed by atoms with E-state index in [-0.39, 0.29) is 0 Å². The summed E-state index contributed by atoms with van der Waals surface area (Å²) in [5.74, 6) is -0.452. The van der Waals surface area contributed by atoms with Gasteiger partial charge in [0.05, 0.1) is 24.3 Å². The molecule has 1 N–H and O–H groups in total. The SMILES string of the molecule is CNc1ccc(C#N)cc1C(=O)OC. The molecule has 4 heteroatoms. The maximum absolute atomic E-state index is 11.3. The molecule has 0 radical (unpaired) electrons. The standard InChI is InChI=1S/C10H10N2O2/c1-12-9-4-3-7(6-11)5-8(9)10(13)14-2/h3-5,12H,1-2H3. The molecule has 72 valence electrons. The van der Waals surface area contributed by atoms with Crippen molar-refractivity contribution in [2.24, 2.45) is 0 Å². The molecular formula is C10H10N2O2. The minimum Gasteiger partial charge on any atom is -0.465 e. The molecule has 0 heterocycles. The molecule has 0 unspecified atom stereocenters. The first-order chi connectivity index (χ1) is 6.72. The van der Waals surface area contributed by atoms with Crippen LogP contribution in [0, 0.1) is 11.3 Å². The number of nitrogens with one attached hydrogen (secondary N) is 1. The van der Waals surface area contributed by atoms with E-state index >= 15 is 0 Å². The molecule has 0 aliphatic carbocycles. The van der Waals surface area contributed by atoms with Crippen LogP contribution in [0.1, 0.15) is 15.9 Å². The van der Waals surface area contributed by atoms with Crippen molar-refractivity contribution in [1.82, 2.24) is 0 Å². The molecule has 0 aliphatic rings. The van der Waals surface area contributed by atoms with Gasteiger partial charge in [0, 0.05) is 12.7 Å². The van der Waals surface area contributed by atoms with Gasteiger partial charge in [-0.3, -0.25) is 0 Å². The van der Waals surface area contributed by atoms with E-state index in [0.717, 1.165) is 0 Å². The molecule has 14 heavy (non-hydrogen) atoms. The van der Waals surface area contributed by atoms with Crippen LogP contribution >= 0.6 is 0 Å². The predicted molar refractivity (Wildman–Crippen MR) is 52.0 cm³/mol. The Labute approximate surface area is 82.1 Å². The van der Waals surface area contributed by atoms with E-state index in [0.29, 0.717) is 16.8 Å². The number of ether oxygens (including phenoxy) is 1. The summed E-state index contributed by atoms with van der Waals surface area (Å²) in [6.07, 6.45) is 0. The minimum atomic E-state index is -0.452. The summed E-state index contributed by atoms with van der Waals surface area (Å²) in [6.45, 7) is 0. The number of benzene rings is 1. The molecule has 0 saturated heterocycles. The summed E-state index contributed by atoms with van der Waals surface area (Å²) in [6, 6.07) is 6.77. The quantitative estimate of drug-likeness (QED) is 0.716. The Kier molecular flexibility index (Phi) is 3.08. The summed E-state index contributed by atoms with van der Waals surface area (Å²) in [5.41, 5.74) is 1.45. The second kappa shape index (κ2) is 4.28. The van der Waals surface area contributed by atoms with Crippen LogP contribution in [0.25, 0.3) is 0 Å². The highest BCUT2D eigenvalue weighted by Gasteiger charge is 2.11. The van der Waals surface area contributed by atoms with Gasteiger partial charge in [-0.25, -0.2) is 4.79 Å². The van der Waals surface area contributed by atoms with E-state index in [1.165, 1.54) is 13.2 Å². The van der Waals surface area contributed by atoms with Crippen LogP contribution in [0.3, 0.4) is 0 Å². The molecule has 0 fully saturated rings. The first-order valence-electron chi connectivity index (χ1n) is 4.03. The zero-order valence-electron chi connectivity index (χ0n) is 8.00. The summed E-state index contributed by atoms with van der Waals surface area (Å²) in [7, 11) is 3.01. The van der Waals surface area contributed by atoms with Gasteiger partial charge in [0.15, 0.2) is 0 Å². The molecule has 1 rings (SSSR count). The zero-order valence-corrected chi connectivity index (χ0v) is 8.00. The Morgan fingerprint density at radius 2 is 2.29 bits per heavy atom. The summed E-state index contributed by atoms with van der Waals surface area (Å²) < 4.78 is 4.59. The van der Waals surface area contributed by atoms with E-state index in [2.05, 4.69) is 10.1 Å². The van der Waals surface area contributed by atoms with Crippen molar-refractivity contribution in [3.8, 4) is 6.07 Å². The van der Waals surface area contributed by atoms with Crippen molar-refractivity contribution in [3.05, 3.63) is 29.3 Å². The van der Waals surface area contributed by atoms with Crippen molar-refractivity contribution < 1.29 is 9.53 Å². The maximum atomic E-state index is 11.3. The molecule has 0 atom stereocenters. The number of anilines is 1. The molecule has 1 aromatic carbocycles. The van der Waals surface area contributed by atoms with Crippen LogP contribution in [-0.2, 0) is 4.74 Å². The third-order valence-corrected chi connectivity index (χ3v) is 1.82. The number of hydrogen-bond acceptors (Lipinski definition) is 4. The lowest BCUT2D eigenvalue weighted by Crippen LogP contribution is -2.05. The number of carbonyl (C=O) groups excluding carboxylic acids is 1. The molecule has 0 amide bonds. The highest BCUT2D eigenvalue weighted by molar-refractivity contribution is 5.96. The van der Waals surface area contributed by atoms with Crippen molar-refractivity contribution in [3.63, 3.8) is 0 Å². The average molecular weight is 190 g/mol. The topological polar surface area (TPSA) is 62.1 Å². The molecule has 0 spiro atoms. The summed E-state index contributed by atoms with van der Waals surface area (Å²) in [4.78, 5) is 11.3. The summed E-state index contributed by atoms with van der Waals surface area (Å²) >= 11 is 0. The molecule has 0 saturated carbocycles. The van der Waals surface area contributed by atoms with Gasteiger partial charge in [0.2, 0.25) is 0 Å². The van der Waals surface area contributed by atoms with Gasteiger partial charge < -0.3 is 10.1 Å². The number of nitriles is 1. The Hall–Kier alpha value is -2.02. The fourth-order valence-electron chi connectivity index (χ4n) is 1.11. The van der Waals surface area contributed by atoms with Crippen LogP contribution in [-0.4, -0.2) is 20.1 Å². The minimum absolute atomic E-state index is 0.369. The van der Waals surface area contributed by atoms with E-state index in [4.69, 9.17) is 5.26 Å². The lowest BCUT2D eigenvalue weighted by molar-refractivity contribution is 0.0602. The van der Waals surface area contributed by atoms with Gasteiger partial charge in [-0.05, 0) is 18.2 Å². The van der Waals surface area contributed by atoms with Crippen molar-refractivity contribution in [2.75, 3.05) is 19.5 Å². The third kappa shape index (κ3) is 1.83. The van der Waals surface area contributed by atoms with Crippen molar-refractivity contribution in [2.45, 2.75) is 0 Å². The largest absolute Gasteiger partial charge is 0.465 e. The van der Waals surface area contributed by atoms with Crippen molar-refractivity contribution in [1.29, 1.82) is 5.26 Å². The average Bonchev–Trinajstić information content (AvgIpc) is 2.27. The smallest absolute Gasteiger partial charge is 0.340 e. The molecular weight excluding hydrogens is 180 g/mol. The Morgan fingerprint density at radius 3 is 2.79 bits per heavy atom. The number of rotatable bonds is 2. The van der Waals surface area contributed by atoms with Gasteiger partial charge >= 0.3 is 5.97 Å². The van der Waals surface area contributed by atoms with E-state index < -0.39 is 5.97 Å². The maximum Gasteiger partial charge on any atom is 0.340 e. The van der Waals surface area contributed by atoms with Gasteiger partial charge in [0.25, 0.3) is 0 Å². The van der Waals surface area contributed by atoms with Crippen LogP contribution in [0.5, 0.6) is 0 Å². The van der Waals surface area contributed by atoms with E-state index in [9.17, 15) is 4.79 Å². The van der Waals surface area contributed by atoms with Crippen LogP contribution in [0.4, 0.5) is 5.69 Å². The van der Waals surface area contributed by atoms with Crippen LogP contribution < -0.4 is 5.32 Å². The summed E-state index contributed by atoms with van der Waals surface area (Å²) in [5, 5.41) is 11.5. The van der Waals surface area contributed by atoms with Crippen LogP contribution in [0.15, 0.2) is 18.2 Å².